The monoisotopic (exact) mass is 470 g/mol. The summed E-state index contributed by atoms with van der Waals surface area (Å²) in [6.45, 7) is 5.75. The third kappa shape index (κ3) is 4.13. The van der Waals surface area contributed by atoms with Gasteiger partial charge in [0.1, 0.15) is 11.6 Å². The van der Waals surface area contributed by atoms with Gasteiger partial charge in [-0.05, 0) is 31.9 Å². The minimum Gasteiger partial charge on any atom is -0.325 e. The number of benzene rings is 2. The molecular formula is C24H24F6N2O. The van der Waals surface area contributed by atoms with Crippen LogP contribution in [-0.4, -0.2) is 36.1 Å². The first-order chi connectivity index (χ1) is 15.2. The molecule has 33 heavy (non-hydrogen) atoms. The van der Waals surface area contributed by atoms with Crippen LogP contribution in [-0.2, 0) is 4.79 Å². The molecule has 3 nitrogen and oxygen atoms in total. The van der Waals surface area contributed by atoms with Crippen LogP contribution in [0, 0.1) is 26.7 Å². The second kappa shape index (κ2) is 8.50. The normalized spacial score (nSPS) is 18.8. The van der Waals surface area contributed by atoms with E-state index in [1.54, 1.807) is 32.0 Å². The maximum Gasteiger partial charge on any atom is 0.423 e. The molecule has 2 aromatic rings. The Morgan fingerprint density at radius 3 is 1.97 bits per heavy atom. The van der Waals surface area contributed by atoms with Gasteiger partial charge in [-0.15, -0.1) is 0 Å². The highest BCUT2D eigenvalue weighted by atomic mass is 19.4. The second-order valence-electron chi connectivity index (χ2n) is 8.29. The zero-order valence-electron chi connectivity index (χ0n) is 18.6. The Morgan fingerprint density at radius 2 is 1.52 bits per heavy atom. The van der Waals surface area contributed by atoms with E-state index in [2.05, 4.69) is 4.99 Å². The Bertz CT molecular complexity index is 1040. The lowest BCUT2D eigenvalue weighted by atomic mass is 9.76. The molecule has 0 aromatic heterocycles. The fraction of sp³-hybridized carbons (Fsp3) is 0.417. The van der Waals surface area contributed by atoms with Crippen LogP contribution in [0.5, 0.6) is 0 Å². The van der Waals surface area contributed by atoms with Gasteiger partial charge >= 0.3 is 12.4 Å². The Labute approximate surface area is 188 Å². The Balaban J connectivity index is 2.43. The Kier molecular flexibility index (Phi) is 6.39. The summed E-state index contributed by atoms with van der Waals surface area (Å²) < 4.78 is 85.6. The van der Waals surface area contributed by atoms with Crippen molar-refractivity contribution in [3.63, 3.8) is 0 Å². The number of nitrogens with zero attached hydrogens (tertiary/aromatic N) is 2. The average molecular weight is 470 g/mol. The molecule has 0 radical (unpaired) electrons. The van der Waals surface area contributed by atoms with E-state index in [1.165, 1.54) is 36.1 Å². The summed E-state index contributed by atoms with van der Waals surface area (Å²) in [4.78, 5) is 17.4. The van der Waals surface area contributed by atoms with Crippen LogP contribution >= 0.6 is 0 Å². The number of carbonyl (C=O) groups excluding carboxylic acids is 1. The lowest BCUT2D eigenvalue weighted by Gasteiger charge is -2.46. The molecule has 3 rings (SSSR count). The fourth-order valence-electron chi connectivity index (χ4n) is 4.57. The molecule has 1 unspecified atom stereocenters. The van der Waals surface area contributed by atoms with E-state index in [1.807, 2.05) is 6.92 Å². The molecule has 0 bridgehead atoms. The largest absolute Gasteiger partial charge is 0.423 e. The summed E-state index contributed by atoms with van der Waals surface area (Å²) >= 11 is 0. The topological polar surface area (TPSA) is 32.7 Å². The number of hydrogen-bond acceptors (Lipinski definition) is 3. The van der Waals surface area contributed by atoms with Gasteiger partial charge in [0, 0.05) is 24.2 Å². The van der Waals surface area contributed by atoms with Crippen molar-refractivity contribution < 1.29 is 31.1 Å². The van der Waals surface area contributed by atoms with E-state index < -0.39 is 48.4 Å². The number of carbonyl (C=O) groups is 1. The predicted molar refractivity (Wildman–Crippen MR) is 115 cm³/mol. The van der Waals surface area contributed by atoms with Crippen molar-refractivity contribution in [3.8, 4) is 0 Å². The van der Waals surface area contributed by atoms with Crippen molar-refractivity contribution in [3.05, 3.63) is 64.7 Å². The van der Waals surface area contributed by atoms with Crippen LogP contribution < -0.4 is 4.90 Å². The number of aryl methyl sites for hydroxylation is 3. The Hall–Kier alpha value is -2.84. The maximum atomic E-state index is 14.3. The van der Waals surface area contributed by atoms with Gasteiger partial charge in [0.05, 0.1) is 5.92 Å². The highest BCUT2D eigenvalue weighted by Crippen LogP contribution is 2.54. The Morgan fingerprint density at radius 1 is 1.00 bits per heavy atom. The van der Waals surface area contributed by atoms with Gasteiger partial charge in [-0.3, -0.25) is 4.79 Å². The SMILES string of the molecule is CCC(=O)C1CN(c2c(C)cc(C)cc2C)C(c2ccccc2)=NC1(C(F)(F)F)C(F)(F)F. The fourth-order valence-corrected chi connectivity index (χ4v) is 4.57. The summed E-state index contributed by atoms with van der Waals surface area (Å²) in [7, 11) is 0. The molecule has 0 N–H and O–H groups in total. The van der Waals surface area contributed by atoms with Crippen molar-refractivity contribution in [2.45, 2.75) is 52.0 Å². The first-order valence-corrected chi connectivity index (χ1v) is 10.4. The zero-order valence-corrected chi connectivity index (χ0v) is 18.6. The number of aliphatic imine (C=N–C) groups is 1. The molecule has 0 amide bonds. The third-order valence-electron chi connectivity index (χ3n) is 5.95. The molecule has 178 valence electrons. The van der Waals surface area contributed by atoms with E-state index in [0.717, 1.165) is 5.56 Å². The summed E-state index contributed by atoms with van der Waals surface area (Å²) in [5, 5.41) is 0. The van der Waals surface area contributed by atoms with E-state index in [4.69, 9.17) is 0 Å². The highest BCUT2D eigenvalue weighted by Gasteiger charge is 2.77. The van der Waals surface area contributed by atoms with Crippen LogP contribution in [0.3, 0.4) is 0 Å². The van der Waals surface area contributed by atoms with Crippen molar-refractivity contribution in [2.75, 3.05) is 11.4 Å². The minimum absolute atomic E-state index is 0.0946. The molecule has 0 spiro atoms. The van der Waals surface area contributed by atoms with Crippen LogP contribution in [0.4, 0.5) is 32.0 Å². The second-order valence-corrected chi connectivity index (χ2v) is 8.29. The highest BCUT2D eigenvalue weighted by molar-refractivity contribution is 6.12. The number of rotatable bonds is 4. The number of halogens is 6. The molecule has 1 heterocycles. The van der Waals surface area contributed by atoms with Crippen molar-refractivity contribution in [1.29, 1.82) is 0 Å². The number of alkyl halides is 6. The van der Waals surface area contributed by atoms with Crippen LogP contribution in [0.25, 0.3) is 0 Å². The number of ketones is 1. The molecule has 2 aromatic carbocycles. The van der Waals surface area contributed by atoms with E-state index in [-0.39, 0.29) is 5.56 Å². The van der Waals surface area contributed by atoms with Crippen LogP contribution in [0.15, 0.2) is 47.5 Å². The van der Waals surface area contributed by atoms with Gasteiger partial charge in [0.25, 0.3) is 5.54 Å². The quantitative estimate of drug-likeness (QED) is 0.489. The molecule has 9 heteroatoms. The van der Waals surface area contributed by atoms with Gasteiger partial charge in [-0.25, -0.2) is 4.99 Å². The van der Waals surface area contributed by atoms with E-state index in [0.29, 0.717) is 16.8 Å². The van der Waals surface area contributed by atoms with Gasteiger partial charge < -0.3 is 4.90 Å². The van der Waals surface area contributed by atoms with E-state index in [9.17, 15) is 31.1 Å². The lowest BCUT2D eigenvalue weighted by Crippen LogP contribution is -2.68. The van der Waals surface area contributed by atoms with Crippen molar-refractivity contribution >= 4 is 17.3 Å². The summed E-state index contributed by atoms with van der Waals surface area (Å²) in [5.41, 5.74) is -1.80. The van der Waals surface area contributed by atoms with Crippen molar-refractivity contribution in [1.82, 2.24) is 0 Å². The number of anilines is 1. The molecule has 0 fully saturated rings. The lowest BCUT2D eigenvalue weighted by molar-refractivity contribution is -0.307. The molecule has 0 aliphatic carbocycles. The minimum atomic E-state index is -5.83. The summed E-state index contributed by atoms with van der Waals surface area (Å²) in [5.74, 6) is -4.07. The third-order valence-corrected chi connectivity index (χ3v) is 5.95. The molecule has 1 atom stereocenters. The smallest absolute Gasteiger partial charge is 0.325 e. The van der Waals surface area contributed by atoms with Gasteiger partial charge in [0.15, 0.2) is 0 Å². The average Bonchev–Trinajstić information content (AvgIpc) is 2.71. The standard InChI is InChI=1S/C24H24F6N2O/c1-5-19(33)18-13-32(20-15(3)11-14(2)12-16(20)4)21(17-9-7-6-8-10-17)31-22(18,23(25,26)27)24(28,29)30/h6-12,18H,5,13H2,1-4H3. The number of Topliss-reactive ketones (excluding diaryl/α,β-unsaturated/α-hetero) is 1. The molecule has 0 saturated heterocycles. The van der Waals surface area contributed by atoms with Crippen LogP contribution in [0.1, 0.15) is 35.6 Å². The predicted octanol–water partition coefficient (Wildman–Crippen LogP) is 6.34. The molecule has 0 saturated carbocycles. The molecule has 1 aliphatic heterocycles. The molecule has 1 aliphatic rings. The summed E-state index contributed by atoms with van der Waals surface area (Å²) in [6.07, 6.45) is -12.1. The van der Waals surface area contributed by atoms with Crippen LogP contribution in [0.2, 0.25) is 0 Å². The van der Waals surface area contributed by atoms with Gasteiger partial charge in [0.2, 0.25) is 0 Å². The maximum absolute atomic E-state index is 14.3. The van der Waals surface area contributed by atoms with Crippen molar-refractivity contribution in [2.24, 2.45) is 10.9 Å². The zero-order chi connectivity index (χ0) is 24.8. The van der Waals surface area contributed by atoms with Gasteiger partial charge in [-0.1, -0.05) is 55.0 Å². The van der Waals surface area contributed by atoms with Gasteiger partial charge in [-0.2, -0.15) is 26.3 Å². The number of hydrogen-bond donors (Lipinski definition) is 0. The number of amidine groups is 1. The first kappa shape index (κ1) is 24.8. The van der Waals surface area contributed by atoms with E-state index >= 15 is 0 Å². The summed E-state index contributed by atoms with van der Waals surface area (Å²) in [6, 6.07) is 11.0. The molecular weight excluding hydrogens is 446 g/mol. The first-order valence-electron chi connectivity index (χ1n) is 10.4.